The Balaban J connectivity index is 1.48. The third-order valence-electron chi connectivity index (χ3n) is 5.78. The van der Waals surface area contributed by atoms with Crippen molar-refractivity contribution in [3.05, 3.63) is 83.6 Å². The zero-order valence-corrected chi connectivity index (χ0v) is 15.7. The normalized spacial score (nSPS) is 17.8. The van der Waals surface area contributed by atoms with Gasteiger partial charge in [0.2, 0.25) is 0 Å². The minimum absolute atomic E-state index is 0.568. The highest BCUT2D eigenvalue weighted by Gasteiger charge is 2.25. The van der Waals surface area contributed by atoms with E-state index in [-0.39, 0.29) is 0 Å². The number of aromatic amines is 1. The summed E-state index contributed by atoms with van der Waals surface area (Å²) in [5.41, 5.74) is 6.87. The van der Waals surface area contributed by atoms with Crippen molar-refractivity contribution in [1.82, 2.24) is 9.88 Å². The Labute approximate surface area is 156 Å². The average Bonchev–Trinajstić information content (AvgIpc) is 3.24. The van der Waals surface area contributed by atoms with Gasteiger partial charge in [-0.3, -0.25) is 4.90 Å². The van der Waals surface area contributed by atoms with Gasteiger partial charge in [0.25, 0.3) is 0 Å². The summed E-state index contributed by atoms with van der Waals surface area (Å²) in [5, 5.41) is 1.38. The zero-order chi connectivity index (χ0) is 17.9. The van der Waals surface area contributed by atoms with E-state index in [0.29, 0.717) is 6.04 Å². The summed E-state index contributed by atoms with van der Waals surface area (Å²) in [5.74, 6) is 0. The molecule has 1 fully saturated rings. The number of aryl methyl sites for hydroxylation is 1. The molecule has 1 aliphatic rings. The fourth-order valence-corrected chi connectivity index (χ4v) is 4.43. The van der Waals surface area contributed by atoms with Crippen LogP contribution in [-0.4, -0.2) is 23.0 Å². The Bertz CT molecular complexity index is 888. The number of H-pyrrole nitrogens is 1. The number of hydrogen-bond acceptors (Lipinski definition) is 1. The molecule has 0 bridgehead atoms. The lowest BCUT2D eigenvalue weighted by Gasteiger charge is -2.25. The molecular formula is C24H28N2. The van der Waals surface area contributed by atoms with Crippen LogP contribution in [0.25, 0.3) is 10.9 Å². The maximum absolute atomic E-state index is 3.83. The fourth-order valence-electron chi connectivity index (χ4n) is 4.43. The highest BCUT2D eigenvalue weighted by Crippen LogP contribution is 2.33. The standard InChI is InChI=1S/C24H28N2/c1-3-7-19-11-13-20(14-12-19)24-10-6-16-26(24)17-15-21-18(2)25-23-9-5-4-8-22(21)23/h3-5,8-9,11-14,24-25H,1,6-7,10,15-17H2,2H3. The number of aromatic nitrogens is 1. The summed E-state index contributed by atoms with van der Waals surface area (Å²) < 4.78 is 0. The maximum Gasteiger partial charge on any atom is 0.0458 e. The predicted molar refractivity (Wildman–Crippen MR) is 111 cm³/mol. The van der Waals surface area contributed by atoms with Gasteiger partial charge in [0, 0.05) is 29.2 Å². The van der Waals surface area contributed by atoms with Crippen LogP contribution < -0.4 is 0 Å². The number of para-hydroxylation sites is 1. The zero-order valence-electron chi connectivity index (χ0n) is 15.7. The molecule has 0 spiro atoms. The van der Waals surface area contributed by atoms with Gasteiger partial charge in [0.15, 0.2) is 0 Å². The first kappa shape index (κ1) is 17.1. The number of nitrogens with zero attached hydrogens (tertiary/aromatic N) is 1. The van der Waals surface area contributed by atoms with Crippen LogP contribution in [0.1, 0.15) is 41.3 Å². The molecule has 2 aromatic carbocycles. The van der Waals surface area contributed by atoms with E-state index in [1.165, 1.54) is 52.7 Å². The van der Waals surface area contributed by atoms with Crippen LogP contribution in [-0.2, 0) is 12.8 Å². The molecule has 2 heterocycles. The number of likely N-dealkylation sites (tertiary alicyclic amines) is 1. The smallest absolute Gasteiger partial charge is 0.0458 e. The van der Waals surface area contributed by atoms with Crippen LogP contribution in [0.2, 0.25) is 0 Å². The van der Waals surface area contributed by atoms with Gasteiger partial charge in [0.1, 0.15) is 0 Å². The van der Waals surface area contributed by atoms with E-state index in [4.69, 9.17) is 0 Å². The van der Waals surface area contributed by atoms with Crippen LogP contribution in [0.4, 0.5) is 0 Å². The Morgan fingerprint density at radius 1 is 1.15 bits per heavy atom. The molecule has 1 aliphatic heterocycles. The second kappa shape index (κ2) is 7.51. The molecule has 134 valence electrons. The first-order valence-electron chi connectivity index (χ1n) is 9.76. The quantitative estimate of drug-likeness (QED) is 0.578. The Hall–Kier alpha value is -2.32. The maximum atomic E-state index is 3.83. The minimum atomic E-state index is 0.568. The van der Waals surface area contributed by atoms with E-state index in [1.807, 2.05) is 6.08 Å². The third-order valence-corrected chi connectivity index (χ3v) is 5.78. The molecule has 0 saturated carbocycles. The van der Waals surface area contributed by atoms with E-state index in [1.54, 1.807) is 0 Å². The molecule has 0 aliphatic carbocycles. The molecule has 1 saturated heterocycles. The topological polar surface area (TPSA) is 19.0 Å². The molecule has 3 aromatic rings. The largest absolute Gasteiger partial charge is 0.358 e. The second-order valence-electron chi connectivity index (χ2n) is 7.45. The van der Waals surface area contributed by atoms with Crippen molar-refractivity contribution in [3.8, 4) is 0 Å². The highest BCUT2D eigenvalue weighted by molar-refractivity contribution is 5.84. The first-order chi connectivity index (χ1) is 12.8. The van der Waals surface area contributed by atoms with Crippen molar-refractivity contribution >= 4 is 10.9 Å². The van der Waals surface area contributed by atoms with Crippen LogP contribution in [0, 0.1) is 6.92 Å². The lowest BCUT2D eigenvalue weighted by Crippen LogP contribution is -2.25. The van der Waals surface area contributed by atoms with Crippen molar-refractivity contribution < 1.29 is 0 Å². The van der Waals surface area contributed by atoms with Crippen LogP contribution in [0.3, 0.4) is 0 Å². The van der Waals surface area contributed by atoms with Crippen molar-refractivity contribution in [2.75, 3.05) is 13.1 Å². The molecule has 1 N–H and O–H groups in total. The number of allylic oxidation sites excluding steroid dienone is 1. The molecule has 1 atom stereocenters. The average molecular weight is 345 g/mol. The Morgan fingerprint density at radius 3 is 2.77 bits per heavy atom. The third kappa shape index (κ3) is 3.34. The van der Waals surface area contributed by atoms with Gasteiger partial charge in [-0.05, 0) is 61.9 Å². The van der Waals surface area contributed by atoms with Gasteiger partial charge in [-0.2, -0.15) is 0 Å². The molecule has 4 rings (SSSR count). The van der Waals surface area contributed by atoms with Crippen molar-refractivity contribution in [2.24, 2.45) is 0 Å². The van der Waals surface area contributed by atoms with Gasteiger partial charge in [-0.1, -0.05) is 48.5 Å². The molecule has 2 heteroatoms. The summed E-state index contributed by atoms with van der Waals surface area (Å²) in [6.07, 6.45) is 6.61. The van der Waals surface area contributed by atoms with Crippen molar-refractivity contribution in [3.63, 3.8) is 0 Å². The van der Waals surface area contributed by atoms with Gasteiger partial charge < -0.3 is 4.98 Å². The predicted octanol–water partition coefficient (Wildman–Crippen LogP) is 5.58. The number of rotatable bonds is 6. The number of nitrogens with one attached hydrogen (secondary N) is 1. The molecule has 1 aromatic heterocycles. The molecule has 1 unspecified atom stereocenters. The Morgan fingerprint density at radius 2 is 1.96 bits per heavy atom. The second-order valence-corrected chi connectivity index (χ2v) is 7.45. The first-order valence-corrected chi connectivity index (χ1v) is 9.76. The van der Waals surface area contributed by atoms with Crippen molar-refractivity contribution in [2.45, 2.75) is 38.6 Å². The van der Waals surface area contributed by atoms with Gasteiger partial charge in [-0.15, -0.1) is 6.58 Å². The van der Waals surface area contributed by atoms with E-state index in [0.717, 1.165) is 19.4 Å². The monoisotopic (exact) mass is 344 g/mol. The number of benzene rings is 2. The van der Waals surface area contributed by atoms with E-state index in [9.17, 15) is 0 Å². The summed E-state index contributed by atoms with van der Waals surface area (Å²) in [7, 11) is 0. The SMILES string of the molecule is C=CCc1ccc(C2CCCN2CCc2c(C)[nH]c3ccccc23)cc1. The lowest BCUT2D eigenvalue weighted by atomic mass is 10.0. The molecule has 0 radical (unpaired) electrons. The summed E-state index contributed by atoms with van der Waals surface area (Å²) in [4.78, 5) is 6.21. The van der Waals surface area contributed by atoms with E-state index >= 15 is 0 Å². The summed E-state index contributed by atoms with van der Waals surface area (Å²) in [6, 6.07) is 18.4. The molecule has 2 nitrogen and oxygen atoms in total. The van der Waals surface area contributed by atoms with E-state index in [2.05, 4.69) is 71.9 Å². The van der Waals surface area contributed by atoms with Crippen LogP contribution in [0.5, 0.6) is 0 Å². The molecule has 26 heavy (non-hydrogen) atoms. The van der Waals surface area contributed by atoms with E-state index < -0.39 is 0 Å². The van der Waals surface area contributed by atoms with Crippen LogP contribution >= 0.6 is 0 Å². The van der Waals surface area contributed by atoms with Crippen molar-refractivity contribution in [1.29, 1.82) is 0 Å². The lowest BCUT2D eigenvalue weighted by molar-refractivity contribution is 0.260. The number of hydrogen-bond donors (Lipinski definition) is 1. The highest BCUT2D eigenvalue weighted by atomic mass is 15.2. The molecule has 0 amide bonds. The van der Waals surface area contributed by atoms with Gasteiger partial charge in [0.05, 0.1) is 0 Å². The number of fused-ring (bicyclic) bond motifs is 1. The summed E-state index contributed by atoms with van der Waals surface area (Å²) in [6.45, 7) is 8.37. The molecular weight excluding hydrogens is 316 g/mol. The Kier molecular flexibility index (Phi) is 4.94. The van der Waals surface area contributed by atoms with Gasteiger partial charge >= 0.3 is 0 Å². The van der Waals surface area contributed by atoms with Gasteiger partial charge in [-0.25, -0.2) is 0 Å². The summed E-state index contributed by atoms with van der Waals surface area (Å²) >= 11 is 0. The fraction of sp³-hybridized carbons (Fsp3) is 0.333. The minimum Gasteiger partial charge on any atom is -0.358 e. The van der Waals surface area contributed by atoms with Crippen LogP contribution in [0.15, 0.2) is 61.2 Å².